The van der Waals surface area contributed by atoms with Crippen LogP contribution in [0.1, 0.15) is 32.1 Å². The SMILES string of the molecule is CNC1(C#N)CCCC1CCOCCCOC. The molecule has 0 saturated heterocycles. The molecule has 0 aromatic carbocycles. The molecule has 1 fully saturated rings. The largest absolute Gasteiger partial charge is 0.385 e. The van der Waals surface area contributed by atoms with Gasteiger partial charge in [-0.3, -0.25) is 0 Å². The number of hydrogen-bond acceptors (Lipinski definition) is 4. The molecule has 0 amide bonds. The molecule has 1 saturated carbocycles. The first-order valence-corrected chi connectivity index (χ1v) is 6.46. The summed E-state index contributed by atoms with van der Waals surface area (Å²) < 4.78 is 10.5. The van der Waals surface area contributed by atoms with Crippen LogP contribution < -0.4 is 5.32 Å². The van der Waals surface area contributed by atoms with Gasteiger partial charge in [-0.1, -0.05) is 6.42 Å². The summed E-state index contributed by atoms with van der Waals surface area (Å²) in [5.41, 5.74) is -0.310. The third-order valence-corrected chi connectivity index (χ3v) is 3.71. The second-order valence-corrected chi connectivity index (χ2v) is 4.67. The highest BCUT2D eigenvalue weighted by Crippen LogP contribution is 2.37. The molecule has 2 unspecified atom stereocenters. The molecule has 0 aromatic heterocycles. The molecule has 0 radical (unpaired) electrons. The van der Waals surface area contributed by atoms with Crippen LogP contribution in [0.15, 0.2) is 0 Å². The van der Waals surface area contributed by atoms with Gasteiger partial charge in [0.05, 0.1) is 6.07 Å². The highest BCUT2D eigenvalue weighted by atomic mass is 16.5. The van der Waals surface area contributed by atoms with Crippen LogP contribution in [0.25, 0.3) is 0 Å². The number of hydrogen-bond donors (Lipinski definition) is 1. The van der Waals surface area contributed by atoms with Crippen molar-refractivity contribution < 1.29 is 9.47 Å². The zero-order valence-electron chi connectivity index (χ0n) is 11.0. The van der Waals surface area contributed by atoms with Crippen LogP contribution in [0, 0.1) is 17.2 Å². The minimum absolute atomic E-state index is 0.310. The number of nitrogens with zero attached hydrogens (tertiary/aromatic N) is 1. The zero-order chi connectivity index (χ0) is 12.6. The quantitative estimate of drug-likeness (QED) is 0.656. The molecule has 98 valence electrons. The van der Waals surface area contributed by atoms with E-state index in [9.17, 15) is 5.26 Å². The lowest BCUT2D eigenvalue weighted by Crippen LogP contribution is -2.45. The molecule has 4 heteroatoms. The van der Waals surface area contributed by atoms with E-state index in [2.05, 4.69) is 11.4 Å². The summed E-state index contributed by atoms with van der Waals surface area (Å²) in [5, 5.41) is 12.5. The topological polar surface area (TPSA) is 54.3 Å². The minimum Gasteiger partial charge on any atom is -0.385 e. The highest BCUT2D eigenvalue weighted by molar-refractivity contribution is 5.13. The van der Waals surface area contributed by atoms with Crippen LogP contribution in [-0.4, -0.2) is 39.5 Å². The van der Waals surface area contributed by atoms with Gasteiger partial charge < -0.3 is 14.8 Å². The summed E-state index contributed by atoms with van der Waals surface area (Å²) in [6.07, 6.45) is 5.16. The monoisotopic (exact) mass is 240 g/mol. The lowest BCUT2D eigenvalue weighted by atomic mass is 9.86. The van der Waals surface area contributed by atoms with Gasteiger partial charge in [-0.25, -0.2) is 0 Å². The first kappa shape index (κ1) is 14.4. The van der Waals surface area contributed by atoms with E-state index in [4.69, 9.17) is 9.47 Å². The van der Waals surface area contributed by atoms with E-state index in [0.717, 1.165) is 51.9 Å². The average Bonchev–Trinajstić information content (AvgIpc) is 2.77. The highest BCUT2D eigenvalue weighted by Gasteiger charge is 2.41. The molecule has 1 N–H and O–H groups in total. The fraction of sp³-hybridized carbons (Fsp3) is 0.923. The lowest BCUT2D eigenvalue weighted by Gasteiger charge is -2.28. The van der Waals surface area contributed by atoms with E-state index >= 15 is 0 Å². The number of rotatable bonds is 8. The molecule has 1 aliphatic rings. The Balaban J connectivity index is 2.20. The zero-order valence-corrected chi connectivity index (χ0v) is 11.0. The molecular formula is C13H24N2O2. The van der Waals surface area contributed by atoms with Crippen LogP contribution >= 0.6 is 0 Å². The third kappa shape index (κ3) is 3.95. The summed E-state index contributed by atoms with van der Waals surface area (Å²) in [4.78, 5) is 0. The molecule has 1 rings (SSSR count). The predicted molar refractivity (Wildman–Crippen MR) is 66.7 cm³/mol. The van der Waals surface area contributed by atoms with E-state index in [1.807, 2.05) is 7.05 Å². The summed E-state index contributed by atoms with van der Waals surface area (Å²) in [6.45, 7) is 2.25. The van der Waals surface area contributed by atoms with Crippen LogP contribution in [0.4, 0.5) is 0 Å². The molecule has 2 atom stereocenters. The number of nitriles is 1. The molecule has 0 spiro atoms. The van der Waals surface area contributed by atoms with Crippen molar-refractivity contribution in [2.45, 2.75) is 37.6 Å². The summed E-state index contributed by atoms with van der Waals surface area (Å²) in [7, 11) is 3.59. The Hall–Kier alpha value is -0.630. The first-order chi connectivity index (χ1) is 8.29. The molecule has 0 heterocycles. The average molecular weight is 240 g/mol. The normalized spacial score (nSPS) is 28.2. The van der Waals surface area contributed by atoms with Crippen LogP contribution in [0.3, 0.4) is 0 Å². The van der Waals surface area contributed by atoms with E-state index in [-0.39, 0.29) is 5.54 Å². The number of nitrogens with one attached hydrogen (secondary N) is 1. The van der Waals surface area contributed by atoms with Crippen LogP contribution in [0.2, 0.25) is 0 Å². The van der Waals surface area contributed by atoms with Crippen molar-refractivity contribution in [1.82, 2.24) is 5.32 Å². The second kappa shape index (κ2) is 7.65. The Kier molecular flexibility index (Phi) is 6.49. The Morgan fingerprint density at radius 2 is 2.24 bits per heavy atom. The molecule has 4 nitrogen and oxygen atoms in total. The van der Waals surface area contributed by atoms with E-state index < -0.39 is 0 Å². The van der Waals surface area contributed by atoms with Crippen molar-refractivity contribution in [2.75, 3.05) is 34.0 Å². The predicted octanol–water partition coefficient (Wildman–Crippen LogP) is 1.71. The summed E-state index contributed by atoms with van der Waals surface area (Å²) in [5.74, 6) is 0.430. The Labute approximate surface area is 104 Å². The van der Waals surface area contributed by atoms with Crippen molar-refractivity contribution in [3.8, 4) is 6.07 Å². The van der Waals surface area contributed by atoms with Gasteiger partial charge in [-0.15, -0.1) is 0 Å². The van der Waals surface area contributed by atoms with Gasteiger partial charge in [-0.05, 0) is 38.6 Å². The van der Waals surface area contributed by atoms with Crippen molar-refractivity contribution in [2.24, 2.45) is 5.92 Å². The molecule has 0 bridgehead atoms. The van der Waals surface area contributed by atoms with E-state index in [1.165, 1.54) is 0 Å². The molecule has 0 aliphatic heterocycles. The van der Waals surface area contributed by atoms with E-state index in [1.54, 1.807) is 7.11 Å². The van der Waals surface area contributed by atoms with Gasteiger partial charge in [0.2, 0.25) is 0 Å². The van der Waals surface area contributed by atoms with Gasteiger partial charge in [-0.2, -0.15) is 5.26 Å². The maximum Gasteiger partial charge on any atom is 0.109 e. The fourth-order valence-electron chi connectivity index (χ4n) is 2.63. The molecule has 0 aromatic rings. The van der Waals surface area contributed by atoms with Crippen molar-refractivity contribution in [3.63, 3.8) is 0 Å². The van der Waals surface area contributed by atoms with Crippen LogP contribution in [0.5, 0.6) is 0 Å². The molecule has 17 heavy (non-hydrogen) atoms. The minimum atomic E-state index is -0.310. The van der Waals surface area contributed by atoms with Gasteiger partial charge in [0.15, 0.2) is 0 Å². The van der Waals surface area contributed by atoms with Gasteiger partial charge in [0.25, 0.3) is 0 Å². The smallest absolute Gasteiger partial charge is 0.109 e. The number of ether oxygens (including phenoxy) is 2. The second-order valence-electron chi connectivity index (χ2n) is 4.67. The fourth-order valence-corrected chi connectivity index (χ4v) is 2.63. The third-order valence-electron chi connectivity index (χ3n) is 3.71. The van der Waals surface area contributed by atoms with Crippen molar-refractivity contribution >= 4 is 0 Å². The molecule has 1 aliphatic carbocycles. The van der Waals surface area contributed by atoms with Gasteiger partial charge in [0.1, 0.15) is 5.54 Å². The van der Waals surface area contributed by atoms with Gasteiger partial charge in [0, 0.05) is 26.9 Å². The molecular weight excluding hydrogens is 216 g/mol. The maximum absolute atomic E-state index is 9.29. The Morgan fingerprint density at radius 3 is 2.88 bits per heavy atom. The Morgan fingerprint density at radius 1 is 1.41 bits per heavy atom. The van der Waals surface area contributed by atoms with E-state index in [0.29, 0.717) is 5.92 Å². The summed E-state index contributed by atoms with van der Waals surface area (Å²) in [6, 6.07) is 2.45. The van der Waals surface area contributed by atoms with Crippen LogP contribution in [-0.2, 0) is 9.47 Å². The maximum atomic E-state index is 9.29. The lowest BCUT2D eigenvalue weighted by molar-refractivity contribution is 0.0890. The Bertz CT molecular complexity index is 252. The van der Waals surface area contributed by atoms with Crippen molar-refractivity contribution in [3.05, 3.63) is 0 Å². The summed E-state index contributed by atoms with van der Waals surface area (Å²) >= 11 is 0. The van der Waals surface area contributed by atoms with Gasteiger partial charge >= 0.3 is 0 Å². The first-order valence-electron chi connectivity index (χ1n) is 6.46. The number of methoxy groups -OCH3 is 1. The van der Waals surface area contributed by atoms with Crippen molar-refractivity contribution in [1.29, 1.82) is 5.26 Å². The standard InChI is InChI=1S/C13H24N2O2/c1-15-13(11-14)7-3-5-12(13)6-10-17-9-4-8-16-2/h12,15H,3-10H2,1-2H3.